The van der Waals surface area contributed by atoms with Gasteiger partial charge in [0.05, 0.1) is 11.0 Å². The molecule has 1 rings (SSSR count). The van der Waals surface area contributed by atoms with Crippen molar-refractivity contribution in [2.24, 2.45) is 0 Å². The van der Waals surface area contributed by atoms with Crippen LogP contribution in [0.1, 0.15) is 13.8 Å². The van der Waals surface area contributed by atoms with Crippen molar-refractivity contribution in [2.75, 3.05) is 18.4 Å². The van der Waals surface area contributed by atoms with Crippen molar-refractivity contribution in [3.05, 3.63) is 24.3 Å². The molecule has 0 saturated heterocycles. The molecular formula is C11H18N2O3S. The van der Waals surface area contributed by atoms with Crippen LogP contribution in [0, 0.1) is 0 Å². The largest absolute Gasteiger partial charge is 0.392 e. The molecule has 0 amide bonds. The van der Waals surface area contributed by atoms with Crippen LogP contribution in [0.5, 0.6) is 0 Å². The van der Waals surface area contributed by atoms with E-state index in [2.05, 4.69) is 10.0 Å². The van der Waals surface area contributed by atoms with Crippen LogP contribution in [-0.2, 0) is 10.0 Å². The molecule has 0 aromatic heterocycles. The highest BCUT2D eigenvalue weighted by molar-refractivity contribution is 7.89. The molecule has 96 valence electrons. The Hall–Kier alpha value is -1.11. The fraction of sp³-hybridized carbons (Fsp3) is 0.455. The molecule has 0 heterocycles. The fourth-order valence-electron chi connectivity index (χ4n) is 1.29. The first-order valence-corrected chi connectivity index (χ1v) is 6.95. The molecule has 1 aromatic carbocycles. The lowest BCUT2D eigenvalue weighted by atomic mass is 10.3. The number of benzene rings is 1. The van der Waals surface area contributed by atoms with Gasteiger partial charge in [-0.25, -0.2) is 13.1 Å². The van der Waals surface area contributed by atoms with Crippen LogP contribution >= 0.6 is 0 Å². The summed E-state index contributed by atoms with van der Waals surface area (Å²) >= 11 is 0. The molecule has 0 radical (unpaired) electrons. The summed E-state index contributed by atoms with van der Waals surface area (Å²) in [4.78, 5) is 0.238. The van der Waals surface area contributed by atoms with Gasteiger partial charge in [0, 0.05) is 18.8 Å². The Morgan fingerprint density at radius 2 is 1.88 bits per heavy atom. The van der Waals surface area contributed by atoms with Crippen LogP contribution in [0.3, 0.4) is 0 Å². The minimum absolute atomic E-state index is 0.238. The number of hydrogen-bond donors (Lipinski definition) is 3. The van der Waals surface area contributed by atoms with E-state index in [1.54, 1.807) is 26.0 Å². The Morgan fingerprint density at radius 1 is 1.29 bits per heavy atom. The second kappa shape index (κ2) is 6.00. The van der Waals surface area contributed by atoms with Gasteiger partial charge in [-0.15, -0.1) is 0 Å². The predicted octanol–water partition coefficient (Wildman–Crippen LogP) is 0.777. The summed E-state index contributed by atoms with van der Waals surface area (Å²) in [6.07, 6.45) is -0.444. The van der Waals surface area contributed by atoms with Gasteiger partial charge in [-0.2, -0.15) is 0 Å². The maximum atomic E-state index is 11.6. The van der Waals surface area contributed by atoms with Crippen molar-refractivity contribution < 1.29 is 13.5 Å². The number of aliphatic hydroxyl groups excluding tert-OH is 1. The van der Waals surface area contributed by atoms with Gasteiger partial charge in [-0.05, 0) is 31.2 Å². The molecule has 0 aliphatic rings. The molecule has 0 saturated carbocycles. The molecule has 0 spiro atoms. The third kappa shape index (κ3) is 4.33. The summed E-state index contributed by atoms with van der Waals surface area (Å²) in [6, 6.07) is 6.41. The molecule has 1 aromatic rings. The molecule has 0 fully saturated rings. The Labute approximate surface area is 102 Å². The van der Waals surface area contributed by atoms with Crippen LogP contribution in [0.4, 0.5) is 5.69 Å². The zero-order chi connectivity index (χ0) is 12.9. The van der Waals surface area contributed by atoms with Gasteiger partial charge in [0.25, 0.3) is 0 Å². The molecule has 0 aliphatic heterocycles. The topological polar surface area (TPSA) is 78.4 Å². The molecule has 0 bridgehead atoms. The molecule has 0 aliphatic carbocycles. The summed E-state index contributed by atoms with van der Waals surface area (Å²) in [7, 11) is -3.39. The third-order valence-corrected chi connectivity index (χ3v) is 3.66. The number of rotatable bonds is 6. The summed E-state index contributed by atoms with van der Waals surface area (Å²) in [6.45, 7) is 4.21. The minimum Gasteiger partial charge on any atom is -0.392 e. The first kappa shape index (κ1) is 14.0. The van der Waals surface area contributed by atoms with E-state index in [4.69, 9.17) is 5.11 Å². The van der Waals surface area contributed by atoms with Gasteiger partial charge < -0.3 is 10.4 Å². The number of nitrogens with one attached hydrogen (secondary N) is 2. The second-order valence-electron chi connectivity index (χ2n) is 3.76. The summed E-state index contributed by atoms with van der Waals surface area (Å²) < 4.78 is 25.7. The zero-order valence-electron chi connectivity index (χ0n) is 9.97. The van der Waals surface area contributed by atoms with Crippen LogP contribution in [0.25, 0.3) is 0 Å². The molecular weight excluding hydrogens is 240 g/mol. The Bertz CT molecular complexity index is 440. The van der Waals surface area contributed by atoms with Crippen LogP contribution in [-0.4, -0.2) is 32.7 Å². The van der Waals surface area contributed by atoms with Crippen molar-refractivity contribution >= 4 is 15.7 Å². The molecule has 1 atom stereocenters. The average molecular weight is 258 g/mol. The molecule has 5 nitrogen and oxygen atoms in total. The predicted molar refractivity (Wildman–Crippen MR) is 67.5 cm³/mol. The van der Waals surface area contributed by atoms with Crippen molar-refractivity contribution in [3.63, 3.8) is 0 Å². The lowest BCUT2D eigenvalue weighted by Gasteiger charge is -2.09. The van der Waals surface area contributed by atoms with Gasteiger partial charge in [-0.1, -0.05) is 6.92 Å². The minimum atomic E-state index is -3.39. The van der Waals surface area contributed by atoms with Crippen LogP contribution in [0.2, 0.25) is 0 Å². The summed E-state index contributed by atoms with van der Waals surface area (Å²) in [5, 5.41) is 12.1. The average Bonchev–Trinajstić information content (AvgIpc) is 2.27. The van der Waals surface area contributed by atoms with Crippen molar-refractivity contribution in [3.8, 4) is 0 Å². The SMILES string of the molecule is CCNS(=O)(=O)c1ccc(NCC(C)O)cc1. The third-order valence-electron chi connectivity index (χ3n) is 2.10. The smallest absolute Gasteiger partial charge is 0.240 e. The Kier molecular flexibility index (Phi) is 4.92. The molecule has 17 heavy (non-hydrogen) atoms. The van der Waals surface area contributed by atoms with E-state index in [-0.39, 0.29) is 4.90 Å². The fourth-order valence-corrected chi connectivity index (χ4v) is 2.33. The zero-order valence-corrected chi connectivity index (χ0v) is 10.8. The quantitative estimate of drug-likeness (QED) is 0.704. The van der Waals surface area contributed by atoms with Gasteiger partial charge in [0.1, 0.15) is 0 Å². The van der Waals surface area contributed by atoms with E-state index in [1.165, 1.54) is 12.1 Å². The van der Waals surface area contributed by atoms with Crippen molar-refractivity contribution in [2.45, 2.75) is 24.8 Å². The number of hydrogen-bond acceptors (Lipinski definition) is 4. The maximum Gasteiger partial charge on any atom is 0.240 e. The highest BCUT2D eigenvalue weighted by atomic mass is 32.2. The summed E-state index contributed by atoms with van der Waals surface area (Å²) in [5.41, 5.74) is 0.779. The second-order valence-corrected chi connectivity index (χ2v) is 5.52. The van der Waals surface area contributed by atoms with Gasteiger partial charge in [0.15, 0.2) is 0 Å². The lowest BCUT2D eigenvalue weighted by Crippen LogP contribution is -2.23. The van der Waals surface area contributed by atoms with Crippen LogP contribution in [0.15, 0.2) is 29.2 Å². The number of aliphatic hydroxyl groups is 1. The lowest BCUT2D eigenvalue weighted by molar-refractivity contribution is 0.208. The first-order valence-electron chi connectivity index (χ1n) is 5.47. The van der Waals surface area contributed by atoms with Gasteiger partial charge >= 0.3 is 0 Å². The monoisotopic (exact) mass is 258 g/mol. The molecule has 1 unspecified atom stereocenters. The van der Waals surface area contributed by atoms with E-state index in [9.17, 15) is 8.42 Å². The molecule has 3 N–H and O–H groups in total. The van der Waals surface area contributed by atoms with Crippen molar-refractivity contribution in [1.29, 1.82) is 0 Å². The van der Waals surface area contributed by atoms with Gasteiger partial charge in [0.2, 0.25) is 10.0 Å². The normalized spacial score (nSPS) is 13.4. The van der Waals surface area contributed by atoms with E-state index < -0.39 is 16.1 Å². The highest BCUT2D eigenvalue weighted by Crippen LogP contribution is 2.13. The van der Waals surface area contributed by atoms with Crippen LogP contribution < -0.4 is 10.0 Å². The van der Waals surface area contributed by atoms with Gasteiger partial charge in [-0.3, -0.25) is 0 Å². The standard InChI is InChI=1S/C11H18N2O3S/c1-3-13-17(15,16)11-6-4-10(5-7-11)12-8-9(2)14/h4-7,9,12-14H,3,8H2,1-2H3. The van der Waals surface area contributed by atoms with E-state index >= 15 is 0 Å². The number of anilines is 1. The van der Waals surface area contributed by atoms with Crippen molar-refractivity contribution in [1.82, 2.24) is 4.72 Å². The van der Waals surface area contributed by atoms with E-state index in [1.807, 2.05) is 0 Å². The van der Waals surface area contributed by atoms with E-state index in [0.717, 1.165) is 5.69 Å². The Balaban J connectivity index is 2.74. The summed E-state index contributed by atoms with van der Waals surface area (Å²) in [5.74, 6) is 0. The highest BCUT2D eigenvalue weighted by Gasteiger charge is 2.11. The Morgan fingerprint density at radius 3 is 2.35 bits per heavy atom. The maximum absolute atomic E-state index is 11.6. The first-order chi connectivity index (χ1) is 7.95. The van der Waals surface area contributed by atoms with E-state index in [0.29, 0.717) is 13.1 Å². The molecule has 6 heteroatoms. The number of sulfonamides is 1.